The van der Waals surface area contributed by atoms with Gasteiger partial charge in [0.15, 0.2) is 0 Å². The van der Waals surface area contributed by atoms with Crippen LogP contribution >= 0.6 is 0 Å². The van der Waals surface area contributed by atoms with Gasteiger partial charge in [-0.05, 0) is 39.2 Å². The zero-order valence-electron chi connectivity index (χ0n) is 10.5. The molecule has 0 saturated carbocycles. The van der Waals surface area contributed by atoms with E-state index in [4.69, 9.17) is 0 Å². The number of rotatable bonds is 4. The van der Waals surface area contributed by atoms with Crippen molar-refractivity contribution in [3.8, 4) is 0 Å². The van der Waals surface area contributed by atoms with Crippen molar-refractivity contribution in [2.24, 2.45) is 0 Å². The minimum Gasteiger partial charge on any atom is -0.310 e. The summed E-state index contributed by atoms with van der Waals surface area (Å²) in [6.07, 6.45) is 8.39. The van der Waals surface area contributed by atoms with Crippen LogP contribution in [0, 0.1) is 0 Å². The zero-order chi connectivity index (χ0) is 11.4. The molecule has 90 valence electrons. The van der Waals surface area contributed by atoms with Crippen LogP contribution in [0.5, 0.6) is 0 Å². The van der Waals surface area contributed by atoms with Crippen molar-refractivity contribution in [2.45, 2.75) is 58.5 Å². The second-order valence-electron chi connectivity index (χ2n) is 4.61. The monoisotopic (exact) mass is 221 g/mol. The Morgan fingerprint density at radius 3 is 3.06 bits per heavy atom. The van der Waals surface area contributed by atoms with E-state index in [-0.39, 0.29) is 0 Å². The quantitative estimate of drug-likeness (QED) is 0.792. The van der Waals surface area contributed by atoms with Gasteiger partial charge in [-0.25, -0.2) is 0 Å². The summed E-state index contributed by atoms with van der Waals surface area (Å²) in [5.74, 6) is 0. The molecular formula is C13H23N3. The standard InChI is InChI=1S/C13H23N3/c1-3-9-14-12-7-5-6-8-13-11(12)10-15-16(13)4-2/h10,12,14H,3-9H2,1-2H3. The highest BCUT2D eigenvalue weighted by Gasteiger charge is 2.21. The van der Waals surface area contributed by atoms with E-state index in [1.807, 2.05) is 0 Å². The molecule has 2 rings (SSSR count). The largest absolute Gasteiger partial charge is 0.310 e. The van der Waals surface area contributed by atoms with Crippen LogP contribution in [0.15, 0.2) is 6.20 Å². The fourth-order valence-electron chi connectivity index (χ4n) is 2.59. The lowest BCUT2D eigenvalue weighted by atomic mass is 10.1. The summed E-state index contributed by atoms with van der Waals surface area (Å²) in [5, 5.41) is 8.14. The molecule has 0 radical (unpaired) electrons. The summed E-state index contributed by atoms with van der Waals surface area (Å²) < 4.78 is 2.17. The smallest absolute Gasteiger partial charge is 0.0540 e. The second-order valence-corrected chi connectivity index (χ2v) is 4.61. The molecule has 3 nitrogen and oxygen atoms in total. The molecule has 1 N–H and O–H groups in total. The molecule has 1 aliphatic carbocycles. The maximum absolute atomic E-state index is 4.49. The zero-order valence-corrected chi connectivity index (χ0v) is 10.5. The van der Waals surface area contributed by atoms with E-state index in [1.54, 1.807) is 0 Å². The Hall–Kier alpha value is -0.830. The SMILES string of the molecule is CCCNC1CCCCc2c1cnn2CC. The Labute approximate surface area is 98.2 Å². The maximum atomic E-state index is 4.49. The van der Waals surface area contributed by atoms with Crippen molar-refractivity contribution in [3.63, 3.8) is 0 Å². The lowest BCUT2D eigenvalue weighted by Gasteiger charge is -2.16. The lowest BCUT2D eigenvalue weighted by molar-refractivity contribution is 0.489. The molecule has 1 atom stereocenters. The third kappa shape index (κ3) is 2.29. The molecule has 1 unspecified atom stereocenters. The van der Waals surface area contributed by atoms with Crippen LogP contribution in [0.1, 0.15) is 56.8 Å². The first-order valence-corrected chi connectivity index (χ1v) is 6.64. The predicted octanol–water partition coefficient (Wildman–Crippen LogP) is 2.67. The number of aromatic nitrogens is 2. The van der Waals surface area contributed by atoms with E-state index >= 15 is 0 Å². The van der Waals surface area contributed by atoms with Gasteiger partial charge >= 0.3 is 0 Å². The molecule has 16 heavy (non-hydrogen) atoms. The summed E-state index contributed by atoms with van der Waals surface area (Å²) in [4.78, 5) is 0. The third-order valence-corrected chi connectivity index (χ3v) is 3.45. The highest BCUT2D eigenvalue weighted by molar-refractivity contribution is 5.23. The maximum Gasteiger partial charge on any atom is 0.0540 e. The van der Waals surface area contributed by atoms with Crippen molar-refractivity contribution in [1.82, 2.24) is 15.1 Å². The second kappa shape index (κ2) is 5.48. The average Bonchev–Trinajstić information content (AvgIpc) is 2.61. The van der Waals surface area contributed by atoms with Crippen molar-refractivity contribution in [3.05, 3.63) is 17.5 Å². The summed E-state index contributed by atoms with van der Waals surface area (Å²) >= 11 is 0. The van der Waals surface area contributed by atoms with Crippen molar-refractivity contribution >= 4 is 0 Å². The molecule has 1 aromatic heterocycles. The summed E-state index contributed by atoms with van der Waals surface area (Å²) in [5.41, 5.74) is 2.92. The highest BCUT2D eigenvalue weighted by atomic mass is 15.3. The van der Waals surface area contributed by atoms with Gasteiger partial charge in [-0.2, -0.15) is 5.10 Å². The Balaban J connectivity index is 2.19. The highest BCUT2D eigenvalue weighted by Crippen LogP contribution is 2.28. The number of hydrogen-bond donors (Lipinski definition) is 1. The van der Waals surface area contributed by atoms with Gasteiger partial charge in [-0.3, -0.25) is 4.68 Å². The number of nitrogens with one attached hydrogen (secondary N) is 1. The first-order chi connectivity index (χ1) is 7.86. The van der Waals surface area contributed by atoms with Crippen molar-refractivity contribution < 1.29 is 0 Å². The van der Waals surface area contributed by atoms with Crippen LogP contribution in [0.25, 0.3) is 0 Å². The molecule has 0 aromatic carbocycles. The molecule has 0 fully saturated rings. The molecule has 1 heterocycles. The minimum atomic E-state index is 0.540. The normalized spacial score (nSPS) is 20.5. The minimum absolute atomic E-state index is 0.540. The lowest BCUT2D eigenvalue weighted by Crippen LogP contribution is -2.22. The fraction of sp³-hybridized carbons (Fsp3) is 0.769. The van der Waals surface area contributed by atoms with E-state index in [9.17, 15) is 0 Å². The molecule has 0 bridgehead atoms. The van der Waals surface area contributed by atoms with Crippen LogP contribution in [0.2, 0.25) is 0 Å². The van der Waals surface area contributed by atoms with E-state index in [1.165, 1.54) is 43.4 Å². The Morgan fingerprint density at radius 2 is 2.31 bits per heavy atom. The Bertz CT molecular complexity index is 330. The number of hydrogen-bond acceptors (Lipinski definition) is 2. The van der Waals surface area contributed by atoms with Crippen LogP contribution in [-0.2, 0) is 13.0 Å². The molecule has 1 aliphatic rings. The molecule has 0 aliphatic heterocycles. The number of fused-ring (bicyclic) bond motifs is 1. The predicted molar refractivity (Wildman–Crippen MR) is 66.5 cm³/mol. The first-order valence-electron chi connectivity index (χ1n) is 6.64. The Kier molecular flexibility index (Phi) is 3.99. The topological polar surface area (TPSA) is 29.9 Å². The molecule has 0 amide bonds. The molecule has 3 heteroatoms. The van der Waals surface area contributed by atoms with Gasteiger partial charge in [0.25, 0.3) is 0 Å². The van der Waals surface area contributed by atoms with Crippen LogP contribution in [-0.4, -0.2) is 16.3 Å². The molecule has 0 spiro atoms. The fourth-order valence-corrected chi connectivity index (χ4v) is 2.59. The van der Waals surface area contributed by atoms with Gasteiger partial charge in [-0.15, -0.1) is 0 Å². The van der Waals surface area contributed by atoms with Gasteiger partial charge < -0.3 is 5.32 Å². The van der Waals surface area contributed by atoms with Crippen molar-refractivity contribution in [2.75, 3.05) is 6.54 Å². The molecular weight excluding hydrogens is 198 g/mol. The number of nitrogens with zero attached hydrogens (tertiary/aromatic N) is 2. The van der Waals surface area contributed by atoms with E-state index in [2.05, 4.69) is 35.1 Å². The van der Waals surface area contributed by atoms with E-state index in [0.717, 1.165) is 13.1 Å². The van der Waals surface area contributed by atoms with E-state index < -0.39 is 0 Å². The first kappa shape index (κ1) is 11.6. The third-order valence-electron chi connectivity index (χ3n) is 3.45. The van der Waals surface area contributed by atoms with E-state index in [0.29, 0.717) is 6.04 Å². The Morgan fingerprint density at radius 1 is 1.44 bits per heavy atom. The molecule has 0 saturated heterocycles. The van der Waals surface area contributed by atoms with Gasteiger partial charge in [0, 0.05) is 23.8 Å². The summed E-state index contributed by atoms with van der Waals surface area (Å²) in [6, 6.07) is 0.540. The number of aryl methyl sites for hydroxylation is 1. The van der Waals surface area contributed by atoms with Gasteiger partial charge in [-0.1, -0.05) is 13.3 Å². The van der Waals surface area contributed by atoms with Crippen LogP contribution < -0.4 is 5.32 Å². The van der Waals surface area contributed by atoms with Crippen molar-refractivity contribution in [1.29, 1.82) is 0 Å². The van der Waals surface area contributed by atoms with Crippen LogP contribution in [0.4, 0.5) is 0 Å². The van der Waals surface area contributed by atoms with Gasteiger partial charge in [0.1, 0.15) is 0 Å². The molecule has 1 aromatic rings. The van der Waals surface area contributed by atoms with Gasteiger partial charge in [0.2, 0.25) is 0 Å². The van der Waals surface area contributed by atoms with Crippen LogP contribution in [0.3, 0.4) is 0 Å². The summed E-state index contributed by atoms with van der Waals surface area (Å²) in [7, 11) is 0. The van der Waals surface area contributed by atoms with Gasteiger partial charge in [0.05, 0.1) is 6.20 Å². The summed E-state index contributed by atoms with van der Waals surface area (Å²) in [6.45, 7) is 6.50. The average molecular weight is 221 g/mol.